The average molecular weight is 481 g/mol. The number of carbonyl (C=O) groups excluding carboxylic acids is 1. The van der Waals surface area contributed by atoms with Gasteiger partial charge in [0.25, 0.3) is 6.43 Å². The maximum atomic E-state index is 14.1. The molecule has 1 amide bonds. The summed E-state index contributed by atoms with van der Waals surface area (Å²) in [5.41, 5.74) is 1.28. The number of nitrogens with one attached hydrogen (secondary N) is 1. The number of anilines is 1. The maximum Gasteiger partial charge on any atom is 0.266 e. The molecule has 5 rings (SSSR count). The third-order valence-electron chi connectivity index (χ3n) is 6.27. The monoisotopic (exact) mass is 481 g/mol. The van der Waals surface area contributed by atoms with Crippen molar-refractivity contribution >= 4 is 35.9 Å². The molecule has 2 radical (unpaired) electrons. The maximum absolute atomic E-state index is 14.1. The minimum absolute atomic E-state index is 0.0693. The fourth-order valence-electron chi connectivity index (χ4n) is 4.15. The van der Waals surface area contributed by atoms with Crippen molar-refractivity contribution in [3.63, 3.8) is 0 Å². The van der Waals surface area contributed by atoms with Crippen molar-refractivity contribution in [1.82, 2.24) is 9.88 Å². The largest absolute Gasteiger partial charge is 0.380 e. The number of nitrogens with zero attached hydrogens (tertiary/aromatic N) is 2. The van der Waals surface area contributed by atoms with Crippen LogP contribution in [0.1, 0.15) is 36.8 Å². The van der Waals surface area contributed by atoms with Crippen LogP contribution in [0.4, 0.5) is 18.9 Å². The van der Waals surface area contributed by atoms with Crippen molar-refractivity contribution in [3.05, 3.63) is 65.5 Å². The van der Waals surface area contributed by atoms with Gasteiger partial charge in [-0.05, 0) is 37.0 Å². The minimum Gasteiger partial charge on any atom is -0.380 e. The van der Waals surface area contributed by atoms with Gasteiger partial charge in [0.1, 0.15) is 13.7 Å². The van der Waals surface area contributed by atoms with Crippen LogP contribution in [0.5, 0.6) is 0 Å². The lowest BCUT2D eigenvalue weighted by Gasteiger charge is -2.15. The standard InChI is InChI=1S/C17H12BF3N2.C9H15NO2/c18-15-8-14(11-5-1-2-7-13(11)23-15)22-9-10-4-3-6-12(16(10)19)17(20)21;1-12-8-4-5-10(6-8)9(11)7-2-3-7/h1-8,17H,9H2,(H,22,23);7-8H,2-6H2,1H3. The first-order valence-electron chi connectivity index (χ1n) is 11.6. The summed E-state index contributed by atoms with van der Waals surface area (Å²) in [6, 6.07) is 13.0. The fraction of sp³-hybridized carbons (Fsp3) is 0.385. The van der Waals surface area contributed by atoms with Crippen LogP contribution in [-0.4, -0.2) is 49.9 Å². The highest BCUT2D eigenvalue weighted by Gasteiger charge is 2.36. The molecule has 35 heavy (non-hydrogen) atoms. The molecule has 2 aromatic carbocycles. The molecule has 5 nitrogen and oxygen atoms in total. The number of hydrogen-bond acceptors (Lipinski definition) is 4. The molecule has 2 fully saturated rings. The first kappa shape index (κ1) is 25.0. The third-order valence-corrected chi connectivity index (χ3v) is 6.27. The van der Waals surface area contributed by atoms with E-state index < -0.39 is 17.8 Å². The molecule has 1 unspecified atom stereocenters. The molecule has 0 bridgehead atoms. The second-order valence-electron chi connectivity index (χ2n) is 8.79. The van der Waals surface area contributed by atoms with Crippen LogP contribution in [0.2, 0.25) is 0 Å². The number of pyridine rings is 1. The van der Waals surface area contributed by atoms with Gasteiger partial charge in [0.2, 0.25) is 5.91 Å². The SMILES string of the molecule is COC1CCN(C(=O)C2CC2)C1.[B]c1cc(NCc2cccc(C(F)F)c2F)c2ccccc2n1. The van der Waals surface area contributed by atoms with Crippen molar-refractivity contribution in [2.45, 2.75) is 38.3 Å². The highest BCUT2D eigenvalue weighted by atomic mass is 19.3. The Morgan fingerprint density at radius 2 is 1.97 bits per heavy atom. The van der Waals surface area contributed by atoms with E-state index in [9.17, 15) is 18.0 Å². The number of benzene rings is 2. The summed E-state index contributed by atoms with van der Waals surface area (Å²) in [4.78, 5) is 17.7. The van der Waals surface area contributed by atoms with Crippen LogP contribution in [0.15, 0.2) is 48.5 Å². The summed E-state index contributed by atoms with van der Waals surface area (Å²) in [6.45, 7) is 1.78. The van der Waals surface area contributed by atoms with Gasteiger partial charge in [-0.25, -0.2) is 13.2 Å². The topological polar surface area (TPSA) is 54.5 Å². The van der Waals surface area contributed by atoms with Crippen LogP contribution >= 0.6 is 0 Å². The fourth-order valence-corrected chi connectivity index (χ4v) is 4.15. The highest BCUT2D eigenvalue weighted by Crippen LogP contribution is 2.32. The second-order valence-corrected chi connectivity index (χ2v) is 8.79. The summed E-state index contributed by atoms with van der Waals surface area (Å²) >= 11 is 0. The number of hydrogen-bond donors (Lipinski definition) is 1. The Bertz CT molecular complexity index is 1190. The van der Waals surface area contributed by atoms with Crippen molar-refractivity contribution in [3.8, 4) is 0 Å². The van der Waals surface area contributed by atoms with Gasteiger partial charge in [-0.2, -0.15) is 0 Å². The molecular weight excluding hydrogens is 454 g/mol. The molecule has 2 heterocycles. The molecule has 2 aliphatic rings. The number of para-hydroxylation sites is 1. The molecule has 9 heteroatoms. The van der Waals surface area contributed by atoms with E-state index in [0.29, 0.717) is 28.6 Å². The van der Waals surface area contributed by atoms with E-state index in [1.807, 2.05) is 29.2 Å². The number of carbonyl (C=O) groups is 1. The van der Waals surface area contributed by atoms with Crippen LogP contribution in [-0.2, 0) is 16.1 Å². The first-order chi connectivity index (χ1) is 16.9. The summed E-state index contributed by atoms with van der Waals surface area (Å²) in [6.07, 6.45) is 0.662. The van der Waals surface area contributed by atoms with Gasteiger partial charge in [-0.1, -0.05) is 36.4 Å². The molecule has 1 N–H and O–H groups in total. The van der Waals surface area contributed by atoms with Crippen molar-refractivity contribution in [2.75, 3.05) is 25.5 Å². The van der Waals surface area contributed by atoms with Gasteiger partial charge < -0.3 is 15.0 Å². The lowest BCUT2D eigenvalue weighted by Crippen LogP contribution is -2.31. The van der Waals surface area contributed by atoms with Crippen molar-refractivity contribution < 1.29 is 22.7 Å². The van der Waals surface area contributed by atoms with E-state index in [4.69, 9.17) is 12.6 Å². The average Bonchev–Trinajstić information content (AvgIpc) is 3.59. The Labute approximate surface area is 204 Å². The van der Waals surface area contributed by atoms with E-state index in [-0.39, 0.29) is 18.2 Å². The number of ether oxygens (including phenoxy) is 1. The number of rotatable bonds is 6. The van der Waals surface area contributed by atoms with Gasteiger partial charge in [0.15, 0.2) is 0 Å². The molecule has 1 aliphatic carbocycles. The molecule has 1 aliphatic heterocycles. The molecule has 3 aromatic rings. The van der Waals surface area contributed by atoms with E-state index in [0.717, 1.165) is 43.8 Å². The van der Waals surface area contributed by atoms with Crippen LogP contribution < -0.4 is 10.9 Å². The number of likely N-dealkylation sites (tertiary alicyclic amines) is 1. The molecule has 1 atom stereocenters. The predicted octanol–water partition coefficient (Wildman–Crippen LogP) is 4.36. The number of methoxy groups -OCH3 is 1. The summed E-state index contributed by atoms with van der Waals surface area (Å²) in [7, 11) is 7.48. The smallest absolute Gasteiger partial charge is 0.266 e. The van der Waals surface area contributed by atoms with Crippen LogP contribution in [0.25, 0.3) is 10.9 Å². The Balaban J connectivity index is 0.000000201. The number of halogens is 3. The van der Waals surface area contributed by atoms with Gasteiger partial charge in [0, 0.05) is 49.3 Å². The Morgan fingerprint density at radius 1 is 1.20 bits per heavy atom. The van der Waals surface area contributed by atoms with Crippen molar-refractivity contribution in [1.29, 1.82) is 0 Å². The van der Waals surface area contributed by atoms with E-state index in [2.05, 4.69) is 10.3 Å². The lowest BCUT2D eigenvalue weighted by molar-refractivity contribution is -0.131. The Morgan fingerprint density at radius 3 is 2.66 bits per heavy atom. The normalized spacial score (nSPS) is 17.4. The molecule has 1 saturated carbocycles. The van der Waals surface area contributed by atoms with E-state index >= 15 is 0 Å². The van der Waals surface area contributed by atoms with Crippen molar-refractivity contribution in [2.24, 2.45) is 5.92 Å². The van der Waals surface area contributed by atoms with Crippen LogP contribution in [0.3, 0.4) is 0 Å². The zero-order valence-corrected chi connectivity index (χ0v) is 19.5. The van der Waals surface area contributed by atoms with E-state index in [1.54, 1.807) is 13.2 Å². The van der Waals surface area contributed by atoms with Gasteiger partial charge >= 0.3 is 0 Å². The van der Waals surface area contributed by atoms with Crippen LogP contribution in [0, 0.1) is 11.7 Å². The summed E-state index contributed by atoms with van der Waals surface area (Å²) in [5.74, 6) is -0.170. The molecule has 0 spiro atoms. The van der Waals surface area contributed by atoms with E-state index in [1.165, 1.54) is 12.1 Å². The lowest BCUT2D eigenvalue weighted by atomic mass is 10.0. The number of alkyl halides is 2. The number of amides is 1. The second kappa shape index (κ2) is 11.1. The third kappa shape index (κ3) is 6.14. The minimum atomic E-state index is -2.84. The zero-order chi connectivity index (χ0) is 24.9. The first-order valence-corrected chi connectivity index (χ1v) is 11.6. The molecule has 1 aromatic heterocycles. The Hall–Kier alpha value is -3.07. The highest BCUT2D eigenvalue weighted by molar-refractivity contribution is 6.31. The van der Waals surface area contributed by atoms with Gasteiger partial charge in [-0.3, -0.25) is 9.78 Å². The summed E-state index contributed by atoms with van der Waals surface area (Å²) in [5, 5.41) is 3.87. The molecular formula is C26H27BF3N3O2. The molecule has 182 valence electrons. The predicted molar refractivity (Wildman–Crippen MR) is 131 cm³/mol. The Kier molecular flexibility index (Phi) is 7.95. The number of aromatic nitrogens is 1. The van der Waals surface area contributed by atoms with Gasteiger partial charge in [-0.15, -0.1) is 0 Å². The number of fused-ring (bicyclic) bond motifs is 1. The molecule has 1 saturated heterocycles. The summed E-state index contributed by atoms with van der Waals surface area (Å²) < 4.78 is 44.8. The zero-order valence-electron chi connectivity index (χ0n) is 19.5. The quantitative estimate of drug-likeness (QED) is 0.532. The van der Waals surface area contributed by atoms with Gasteiger partial charge in [0.05, 0.1) is 17.2 Å².